The van der Waals surface area contributed by atoms with Crippen LogP contribution in [0.4, 0.5) is 0 Å². The summed E-state index contributed by atoms with van der Waals surface area (Å²) in [7, 11) is 1.78. The third-order valence-corrected chi connectivity index (χ3v) is 2.94. The van der Waals surface area contributed by atoms with Crippen molar-refractivity contribution in [3.63, 3.8) is 0 Å². The van der Waals surface area contributed by atoms with Crippen molar-refractivity contribution in [2.24, 2.45) is 0 Å². The van der Waals surface area contributed by atoms with E-state index in [1.807, 2.05) is 13.8 Å². The average Bonchev–Trinajstić information content (AvgIpc) is 2.28. The SMILES string of the molecule is Cc1nc(CN(C)CC(=O)O)sc1C. The molecule has 0 spiro atoms. The van der Waals surface area contributed by atoms with Crippen molar-refractivity contribution in [1.82, 2.24) is 9.88 Å². The maximum Gasteiger partial charge on any atom is 0.317 e. The normalized spacial score (nSPS) is 10.9. The van der Waals surface area contributed by atoms with E-state index in [0.29, 0.717) is 6.54 Å². The Labute approximate surface area is 87.2 Å². The van der Waals surface area contributed by atoms with Crippen LogP contribution in [0.1, 0.15) is 15.6 Å². The molecule has 5 heteroatoms. The number of aryl methyl sites for hydroxylation is 2. The summed E-state index contributed by atoms with van der Waals surface area (Å²) in [6.07, 6.45) is 0. The molecule has 0 radical (unpaired) electrons. The highest BCUT2D eigenvalue weighted by molar-refractivity contribution is 7.11. The quantitative estimate of drug-likeness (QED) is 0.820. The highest BCUT2D eigenvalue weighted by atomic mass is 32.1. The van der Waals surface area contributed by atoms with Gasteiger partial charge >= 0.3 is 5.97 Å². The van der Waals surface area contributed by atoms with Gasteiger partial charge in [-0.3, -0.25) is 9.69 Å². The van der Waals surface area contributed by atoms with Crippen molar-refractivity contribution in [3.8, 4) is 0 Å². The number of carboxylic acids is 1. The van der Waals surface area contributed by atoms with Gasteiger partial charge < -0.3 is 5.11 Å². The van der Waals surface area contributed by atoms with E-state index >= 15 is 0 Å². The highest BCUT2D eigenvalue weighted by Gasteiger charge is 2.08. The molecular weight excluding hydrogens is 200 g/mol. The van der Waals surface area contributed by atoms with E-state index in [1.165, 1.54) is 4.88 Å². The van der Waals surface area contributed by atoms with Crippen LogP contribution < -0.4 is 0 Å². The Balaban J connectivity index is 2.56. The van der Waals surface area contributed by atoms with Gasteiger partial charge in [0, 0.05) is 4.88 Å². The van der Waals surface area contributed by atoms with Gasteiger partial charge in [-0.15, -0.1) is 11.3 Å². The lowest BCUT2D eigenvalue weighted by molar-refractivity contribution is -0.138. The Bertz CT molecular complexity index is 316. The van der Waals surface area contributed by atoms with E-state index in [-0.39, 0.29) is 6.54 Å². The fraction of sp³-hybridized carbons (Fsp3) is 0.556. The molecule has 78 valence electrons. The lowest BCUT2D eigenvalue weighted by atomic mass is 10.4. The molecule has 1 aromatic heterocycles. The van der Waals surface area contributed by atoms with Gasteiger partial charge in [0.25, 0.3) is 0 Å². The molecule has 0 aliphatic rings. The van der Waals surface area contributed by atoms with E-state index in [9.17, 15) is 4.79 Å². The molecule has 14 heavy (non-hydrogen) atoms. The molecule has 0 aromatic carbocycles. The minimum Gasteiger partial charge on any atom is -0.480 e. The summed E-state index contributed by atoms with van der Waals surface area (Å²) in [5.41, 5.74) is 1.04. The zero-order valence-corrected chi connectivity index (χ0v) is 9.39. The topological polar surface area (TPSA) is 53.4 Å². The Morgan fingerprint density at radius 1 is 1.57 bits per heavy atom. The number of likely N-dealkylation sites (N-methyl/N-ethyl adjacent to an activating group) is 1. The van der Waals surface area contributed by atoms with Crippen LogP contribution in [0.5, 0.6) is 0 Å². The Morgan fingerprint density at radius 3 is 2.64 bits per heavy atom. The van der Waals surface area contributed by atoms with Crippen molar-refractivity contribution in [1.29, 1.82) is 0 Å². The number of rotatable bonds is 4. The summed E-state index contributed by atoms with van der Waals surface area (Å²) in [6.45, 7) is 4.64. The monoisotopic (exact) mass is 214 g/mol. The molecule has 1 rings (SSSR count). The number of carbonyl (C=O) groups is 1. The number of hydrogen-bond donors (Lipinski definition) is 1. The Hall–Kier alpha value is -0.940. The van der Waals surface area contributed by atoms with Gasteiger partial charge in [-0.1, -0.05) is 0 Å². The van der Waals surface area contributed by atoms with E-state index in [1.54, 1.807) is 23.3 Å². The molecular formula is C9H14N2O2S. The minimum absolute atomic E-state index is 0.0532. The average molecular weight is 214 g/mol. The second kappa shape index (κ2) is 4.52. The fourth-order valence-corrected chi connectivity index (χ4v) is 2.14. The third kappa shape index (κ3) is 3.08. The predicted octanol–water partition coefficient (Wildman–Crippen LogP) is 1.28. The van der Waals surface area contributed by atoms with Crippen molar-refractivity contribution >= 4 is 17.3 Å². The molecule has 1 N–H and O–H groups in total. The molecule has 0 saturated carbocycles. The smallest absolute Gasteiger partial charge is 0.317 e. The van der Waals surface area contributed by atoms with Gasteiger partial charge in [-0.05, 0) is 20.9 Å². The van der Waals surface area contributed by atoms with Gasteiger partial charge in [-0.25, -0.2) is 4.98 Å². The van der Waals surface area contributed by atoms with E-state index in [0.717, 1.165) is 10.7 Å². The molecule has 0 aliphatic carbocycles. The third-order valence-electron chi connectivity index (χ3n) is 1.88. The molecule has 1 aromatic rings. The molecule has 0 atom stereocenters. The zero-order valence-electron chi connectivity index (χ0n) is 8.57. The first kappa shape index (κ1) is 11.1. The number of aliphatic carboxylic acids is 1. The summed E-state index contributed by atoms with van der Waals surface area (Å²) < 4.78 is 0. The fourth-order valence-electron chi connectivity index (χ4n) is 1.12. The number of carboxylic acid groups (broad SMARTS) is 1. The minimum atomic E-state index is -0.808. The summed E-state index contributed by atoms with van der Waals surface area (Å²) in [4.78, 5) is 17.7. The number of thiazole rings is 1. The van der Waals surface area contributed by atoms with Crippen molar-refractivity contribution in [2.45, 2.75) is 20.4 Å². The van der Waals surface area contributed by atoms with Gasteiger partial charge in [-0.2, -0.15) is 0 Å². The van der Waals surface area contributed by atoms with E-state index < -0.39 is 5.97 Å². The van der Waals surface area contributed by atoms with Gasteiger partial charge in [0.05, 0.1) is 18.8 Å². The number of nitrogens with zero attached hydrogens (tertiary/aromatic N) is 2. The Kier molecular flexibility index (Phi) is 3.60. The first-order valence-electron chi connectivity index (χ1n) is 4.32. The summed E-state index contributed by atoms with van der Waals surface area (Å²) in [5.74, 6) is -0.808. The molecule has 0 aliphatic heterocycles. The maximum atomic E-state index is 10.4. The lowest BCUT2D eigenvalue weighted by Crippen LogP contribution is -2.24. The molecule has 4 nitrogen and oxygen atoms in total. The van der Waals surface area contributed by atoms with Crippen LogP contribution in [0.3, 0.4) is 0 Å². The number of hydrogen-bond acceptors (Lipinski definition) is 4. The second-order valence-electron chi connectivity index (χ2n) is 3.32. The predicted molar refractivity (Wildman–Crippen MR) is 55.6 cm³/mol. The molecule has 0 fully saturated rings. The highest BCUT2D eigenvalue weighted by Crippen LogP contribution is 2.17. The number of aromatic nitrogens is 1. The van der Waals surface area contributed by atoms with Crippen LogP contribution in [0, 0.1) is 13.8 Å². The first-order chi connectivity index (χ1) is 6.49. The van der Waals surface area contributed by atoms with Crippen LogP contribution in [0.15, 0.2) is 0 Å². The van der Waals surface area contributed by atoms with Crippen molar-refractivity contribution in [2.75, 3.05) is 13.6 Å². The van der Waals surface area contributed by atoms with E-state index in [4.69, 9.17) is 5.11 Å². The molecule has 1 heterocycles. The first-order valence-corrected chi connectivity index (χ1v) is 5.14. The molecule has 0 saturated heterocycles. The van der Waals surface area contributed by atoms with Gasteiger partial charge in [0.15, 0.2) is 0 Å². The molecule has 0 amide bonds. The largest absolute Gasteiger partial charge is 0.480 e. The van der Waals surface area contributed by atoms with Crippen LogP contribution in [0.25, 0.3) is 0 Å². The summed E-state index contributed by atoms with van der Waals surface area (Å²) >= 11 is 1.62. The van der Waals surface area contributed by atoms with Crippen LogP contribution in [-0.2, 0) is 11.3 Å². The van der Waals surface area contributed by atoms with Crippen molar-refractivity contribution < 1.29 is 9.90 Å². The zero-order chi connectivity index (χ0) is 10.7. The van der Waals surface area contributed by atoms with Gasteiger partial charge in [0.1, 0.15) is 5.01 Å². The summed E-state index contributed by atoms with van der Waals surface area (Å²) in [5, 5.41) is 9.54. The molecule has 0 bridgehead atoms. The van der Waals surface area contributed by atoms with Gasteiger partial charge in [0.2, 0.25) is 0 Å². The Morgan fingerprint density at radius 2 is 2.21 bits per heavy atom. The van der Waals surface area contributed by atoms with Crippen LogP contribution >= 0.6 is 11.3 Å². The van der Waals surface area contributed by atoms with Crippen LogP contribution in [0.2, 0.25) is 0 Å². The van der Waals surface area contributed by atoms with Crippen LogP contribution in [-0.4, -0.2) is 34.6 Å². The second-order valence-corrected chi connectivity index (χ2v) is 4.60. The maximum absolute atomic E-state index is 10.4. The lowest BCUT2D eigenvalue weighted by Gasteiger charge is -2.10. The van der Waals surface area contributed by atoms with E-state index in [2.05, 4.69) is 4.98 Å². The standard InChI is InChI=1S/C9H14N2O2S/c1-6-7(2)14-8(10-6)4-11(3)5-9(12)13/h4-5H2,1-3H3,(H,12,13). The molecule has 0 unspecified atom stereocenters. The summed E-state index contributed by atoms with van der Waals surface area (Å²) in [6, 6.07) is 0. The van der Waals surface area contributed by atoms with Crippen molar-refractivity contribution in [3.05, 3.63) is 15.6 Å².